The van der Waals surface area contributed by atoms with Crippen LogP contribution in [0.5, 0.6) is 0 Å². The van der Waals surface area contributed by atoms with Gasteiger partial charge in [0.2, 0.25) is 5.91 Å². The van der Waals surface area contributed by atoms with E-state index in [1.807, 2.05) is 13.8 Å². The highest BCUT2D eigenvalue weighted by Crippen LogP contribution is 2.29. The third-order valence-corrected chi connectivity index (χ3v) is 4.24. The summed E-state index contributed by atoms with van der Waals surface area (Å²) in [4.78, 5) is 12.4. The van der Waals surface area contributed by atoms with Crippen molar-refractivity contribution in [3.05, 3.63) is 0 Å². The molecule has 4 nitrogen and oxygen atoms in total. The van der Waals surface area contributed by atoms with Gasteiger partial charge in [-0.05, 0) is 53.4 Å². The number of amides is 1. The Bertz CT molecular complexity index is 316. The van der Waals surface area contributed by atoms with E-state index in [0.29, 0.717) is 12.8 Å². The van der Waals surface area contributed by atoms with E-state index in [9.17, 15) is 4.79 Å². The zero-order valence-corrected chi connectivity index (χ0v) is 13.4. The van der Waals surface area contributed by atoms with E-state index in [-0.39, 0.29) is 23.0 Å². The molecule has 0 radical (unpaired) electrons. The first-order chi connectivity index (χ1) is 8.53. The summed E-state index contributed by atoms with van der Waals surface area (Å²) < 4.78 is 0. The highest BCUT2D eigenvalue weighted by molar-refractivity contribution is 5.86. The Morgan fingerprint density at radius 2 is 1.63 bits per heavy atom. The van der Waals surface area contributed by atoms with E-state index >= 15 is 0 Å². The van der Waals surface area contributed by atoms with Crippen LogP contribution < -0.4 is 16.4 Å². The summed E-state index contributed by atoms with van der Waals surface area (Å²) in [5, 5.41) is 6.79. The van der Waals surface area contributed by atoms with Crippen molar-refractivity contribution >= 4 is 5.91 Å². The Balaban J connectivity index is 2.74. The summed E-state index contributed by atoms with van der Waals surface area (Å²) in [6.07, 6.45) is 3.22. The van der Waals surface area contributed by atoms with E-state index in [2.05, 4.69) is 38.3 Å². The fourth-order valence-electron chi connectivity index (χ4n) is 3.32. The van der Waals surface area contributed by atoms with E-state index in [0.717, 1.165) is 12.8 Å². The molecule has 1 heterocycles. The van der Waals surface area contributed by atoms with Crippen LogP contribution in [0.4, 0.5) is 0 Å². The molecule has 1 saturated heterocycles. The summed E-state index contributed by atoms with van der Waals surface area (Å²) >= 11 is 0. The minimum Gasteiger partial charge on any atom is -0.352 e. The van der Waals surface area contributed by atoms with Crippen LogP contribution >= 0.6 is 0 Å². The Hall–Kier alpha value is -0.610. The molecule has 0 saturated carbocycles. The highest BCUT2D eigenvalue weighted by atomic mass is 16.2. The van der Waals surface area contributed by atoms with Crippen LogP contribution in [0.25, 0.3) is 0 Å². The molecule has 1 amide bonds. The number of carbonyl (C=O) groups excluding carboxylic acids is 1. The third kappa shape index (κ3) is 4.18. The quantitative estimate of drug-likeness (QED) is 0.730. The smallest absolute Gasteiger partial charge is 0.240 e. The molecule has 1 aliphatic heterocycles. The van der Waals surface area contributed by atoms with E-state index in [1.54, 1.807) is 0 Å². The summed E-state index contributed by atoms with van der Waals surface area (Å²) in [7, 11) is 0. The number of hydrogen-bond acceptors (Lipinski definition) is 3. The molecule has 0 atom stereocenters. The van der Waals surface area contributed by atoms with Crippen LogP contribution in [0.2, 0.25) is 0 Å². The van der Waals surface area contributed by atoms with Crippen LogP contribution in [-0.4, -0.2) is 28.6 Å². The predicted molar refractivity (Wildman–Crippen MR) is 80.0 cm³/mol. The number of piperidine rings is 1. The van der Waals surface area contributed by atoms with Gasteiger partial charge in [-0.2, -0.15) is 0 Å². The van der Waals surface area contributed by atoms with Gasteiger partial charge in [0.05, 0.1) is 5.54 Å². The first-order valence-electron chi connectivity index (χ1n) is 7.43. The van der Waals surface area contributed by atoms with Gasteiger partial charge in [-0.15, -0.1) is 0 Å². The molecule has 4 N–H and O–H groups in total. The lowest BCUT2D eigenvalue weighted by atomic mass is 9.79. The molecule has 1 rings (SSSR count). The zero-order chi connectivity index (χ0) is 14.9. The van der Waals surface area contributed by atoms with Gasteiger partial charge in [0.1, 0.15) is 0 Å². The lowest BCUT2D eigenvalue weighted by molar-refractivity contribution is -0.127. The van der Waals surface area contributed by atoms with Crippen molar-refractivity contribution in [1.82, 2.24) is 10.6 Å². The number of hydrogen-bond donors (Lipinski definition) is 3. The summed E-state index contributed by atoms with van der Waals surface area (Å²) in [6, 6.07) is 0.194. The van der Waals surface area contributed by atoms with E-state index < -0.39 is 5.54 Å². The van der Waals surface area contributed by atoms with Crippen LogP contribution in [0, 0.1) is 0 Å². The van der Waals surface area contributed by atoms with Gasteiger partial charge < -0.3 is 16.4 Å². The zero-order valence-electron chi connectivity index (χ0n) is 13.4. The molecule has 0 aromatic heterocycles. The number of carbonyl (C=O) groups is 1. The topological polar surface area (TPSA) is 67.2 Å². The summed E-state index contributed by atoms with van der Waals surface area (Å²) in [5.74, 6) is -0.00370. The average Bonchev–Trinajstić information content (AvgIpc) is 2.23. The van der Waals surface area contributed by atoms with Crippen LogP contribution in [0.3, 0.4) is 0 Å². The summed E-state index contributed by atoms with van der Waals surface area (Å²) in [6.45, 7) is 12.7. The fourth-order valence-corrected chi connectivity index (χ4v) is 3.32. The second kappa shape index (κ2) is 5.41. The molecule has 0 spiro atoms. The number of nitrogens with one attached hydrogen (secondary N) is 2. The highest BCUT2D eigenvalue weighted by Gasteiger charge is 2.40. The molecule has 19 heavy (non-hydrogen) atoms. The SMILES string of the molecule is CCC(N)(CC)C(=O)NC1CC(C)(C)NC(C)(C)C1. The minimum atomic E-state index is -0.723. The first kappa shape index (κ1) is 16.4. The maximum absolute atomic E-state index is 12.4. The molecule has 0 aromatic rings. The predicted octanol–water partition coefficient (Wildman–Crippen LogP) is 1.93. The van der Waals surface area contributed by atoms with Gasteiger partial charge in [-0.25, -0.2) is 0 Å². The van der Waals surface area contributed by atoms with Gasteiger partial charge in [0, 0.05) is 17.1 Å². The molecule has 112 valence electrons. The number of rotatable bonds is 4. The van der Waals surface area contributed by atoms with Gasteiger partial charge in [0.15, 0.2) is 0 Å². The van der Waals surface area contributed by atoms with Crippen LogP contribution in [0.1, 0.15) is 67.2 Å². The maximum atomic E-state index is 12.4. The maximum Gasteiger partial charge on any atom is 0.240 e. The van der Waals surface area contributed by atoms with Crippen molar-refractivity contribution in [2.75, 3.05) is 0 Å². The van der Waals surface area contributed by atoms with E-state index in [4.69, 9.17) is 5.73 Å². The van der Waals surface area contributed by atoms with Crippen LogP contribution in [-0.2, 0) is 4.79 Å². The Labute approximate surface area is 117 Å². The molecule has 0 aromatic carbocycles. The standard InChI is InChI=1S/C15H31N3O/c1-7-15(16,8-2)12(19)17-11-9-13(3,4)18-14(5,6)10-11/h11,18H,7-10,16H2,1-6H3,(H,17,19). The monoisotopic (exact) mass is 269 g/mol. The molecule has 0 unspecified atom stereocenters. The van der Waals surface area contributed by atoms with Crippen molar-refractivity contribution in [1.29, 1.82) is 0 Å². The van der Waals surface area contributed by atoms with E-state index in [1.165, 1.54) is 0 Å². The molecule has 0 aliphatic carbocycles. The van der Waals surface area contributed by atoms with Crippen molar-refractivity contribution < 1.29 is 4.79 Å². The van der Waals surface area contributed by atoms with Crippen molar-refractivity contribution in [2.45, 2.75) is 89.9 Å². The molecule has 1 aliphatic rings. The van der Waals surface area contributed by atoms with Crippen molar-refractivity contribution in [3.63, 3.8) is 0 Å². The van der Waals surface area contributed by atoms with Crippen molar-refractivity contribution in [2.24, 2.45) is 5.73 Å². The fraction of sp³-hybridized carbons (Fsp3) is 0.933. The molecule has 0 bridgehead atoms. The van der Waals surface area contributed by atoms with Gasteiger partial charge in [0.25, 0.3) is 0 Å². The molecular weight excluding hydrogens is 238 g/mol. The molecular formula is C15H31N3O. The van der Waals surface area contributed by atoms with Gasteiger partial charge >= 0.3 is 0 Å². The van der Waals surface area contributed by atoms with Gasteiger partial charge in [-0.1, -0.05) is 13.8 Å². The molecule has 4 heteroatoms. The average molecular weight is 269 g/mol. The van der Waals surface area contributed by atoms with Gasteiger partial charge in [-0.3, -0.25) is 4.79 Å². The number of nitrogens with two attached hydrogens (primary N) is 1. The first-order valence-corrected chi connectivity index (χ1v) is 7.43. The normalized spacial score (nSPS) is 23.1. The Morgan fingerprint density at radius 1 is 1.21 bits per heavy atom. The summed E-state index contributed by atoms with van der Waals surface area (Å²) in [5.41, 5.74) is 5.52. The molecule has 1 fully saturated rings. The van der Waals surface area contributed by atoms with Crippen molar-refractivity contribution in [3.8, 4) is 0 Å². The second-order valence-corrected chi connectivity index (χ2v) is 7.33. The lowest BCUT2D eigenvalue weighted by Crippen LogP contribution is -2.64. The second-order valence-electron chi connectivity index (χ2n) is 7.33. The minimum absolute atomic E-state index is 0.00370. The lowest BCUT2D eigenvalue weighted by Gasteiger charge is -2.47. The Morgan fingerprint density at radius 3 is 2.00 bits per heavy atom. The Kier molecular flexibility index (Phi) is 4.68. The third-order valence-electron chi connectivity index (χ3n) is 4.24. The largest absolute Gasteiger partial charge is 0.352 e. The van der Waals surface area contributed by atoms with Crippen LogP contribution in [0.15, 0.2) is 0 Å².